The number of para-hydroxylation sites is 1. The number of fused-ring (bicyclic) bond motifs is 4. The molecule has 0 unspecified atom stereocenters. The van der Waals surface area contributed by atoms with Crippen LogP contribution in [0.3, 0.4) is 0 Å². The normalized spacial score (nSPS) is 11.2. The van der Waals surface area contributed by atoms with E-state index in [1.54, 1.807) is 0 Å². The highest BCUT2D eigenvalue weighted by atomic mass is 15.1. The molecule has 0 N–H and O–H groups in total. The standard InChI is InChI=1S/C23H24N3.3C22H22N3/c1-15-13-16(2)22-21(14-15)26(5)23(24-22)19-10-8-9-18(17(19)3)20-11-6-7-12-25(20)4;1-15-9-7-13-20-21(15)23-22(25(20)4)18-11-8-10-17(16(18)2)19-12-5-6-14-24(19)3;1-15-11-12-21-19(14-15)23-22(25(21)4)18-9-7-8-17(16(18)2)20-10-5-6-13-24(20)3;1-15-11-12-19-21(14-15)25(4)22(23-19)18-9-7-8-17(16(18)2)20-10-5-6-13-24(20)3/h6-14H,1-5H3;3*5-14H,1-4H3/q4*+1. The van der Waals surface area contributed by atoms with Crippen LogP contribution in [-0.2, 0) is 56.4 Å². The van der Waals surface area contributed by atoms with Crippen molar-refractivity contribution in [2.75, 3.05) is 0 Å². The lowest BCUT2D eigenvalue weighted by Crippen LogP contribution is -2.30. The van der Waals surface area contributed by atoms with E-state index < -0.39 is 0 Å². The summed E-state index contributed by atoms with van der Waals surface area (Å²) in [7, 11) is 16.7. The maximum absolute atomic E-state index is 5.00. The van der Waals surface area contributed by atoms with Gasteiger partial charge in [-0.1, -0.05) is 78.9 Å². The number of imidazole rings is 4. The zero-order valence-corrected chi connectivity index (χ0v) is 61.4. The first-order valence-corrected chi connectivity index (χ1v) is 34.6. The molecule has 0 radical (unpaired) electrons. The van der Waals surface area contributed by atoms with Gasteiger partial charge in [0.25, 0.3) is 0 Å². The Labute approximate surface area is 593 Å². The Balaban J connectivity index is 0.000000120. The molecule has 16 aromatic rings. The predicted molar refractivity (Wildman–Crippen MR) is 414 cm³/mol. The van der Waals surface area contributed by atoms with Crippen molar-refractivity contribution in [3.8, 4) is 90.6 Å². The minimum atomic E-state index is 1.01. The maximum atomic E-state index is 5.00. The van der Waals surface area contributed by atoms with Gasteiger partial charge in [0.05, 0.1) is 44.1 Å². The third kappa shape index (κ3) is 13.1. The zero-order valence-electron chi connectivity index (χ0n) is 61.4. The summed E-state index contributed by atoms with van der Waals surface area (Å²) in [5, 5.41) is 0. The summed E-state index contributed by atoms with van der Waals surface area (Å²) in [6.45, 7) is 19.4. The van der Waals surface area contributed by atoms with Crippen LogP contribution in [0.25, 0.3) is 135 Å². The van der Waals surface area contributed by atoms with Crippen molar-refractivity contribution in [2.45, 2.75) is 62.3 Å². The summed E-state index contributed by atoms with van der Waals surface area (Å²) < 4.78 is 17.4. The quantitative estimate of drug-likeness (QED) is 0.142. The summed E-state index contributed by atoms with van der Waals surface area (Å²) in [5.41, 5.74) is 34.6. The number of nitrogens with zero attached hydrogens (tertiary/aromatic N) is 12. The van der Waals surface area contributed by atoms with E-state index in [4.69, 9.17) is 19.9 Å². The molecule has 0 bridgehead atoms. The third-order valence-corrected chi connectivity index (χ3v) is 20.1. The molecule has 0 spiro atoms. The second-order valence-electron chi connectivity index (χ2n) is 27.1. The fourth-order valence-corrected chi connectivity index (χ4v) is 14.4. The van der Waals surface area contributed by atoms with E-state index in [-0.39, 0.29) is 0 Å². The van der Waals surface area contributed by atoms with Gasteiger partial charge in [0.15, 0.2) is 24.8 Å². The van der Waals surface area contributed by atoms with Crippen LogP contribution < -0.4 is 18.3 Å². The molecule has 0 aliphatic carbocycles. The minimum absolute atomic E-state index is 1.01. The van der Waals surface area contributed by atoms with Crippen LogP contribution in [0.1, 0.15) is 50.1 Å². The van der Waals surface area contributed by atoms with Crippen molar-refractivity contribution in [1.82, 2.24) is 38.2 Å². The van der Waals surface area contributed by atoms with Gasteiger partial charge in [0, 0.05) is 121 Å². The van der Waals surface area contributed by atoms with Gasteiger partial charge in [-0.15, -0.1) is 0 Å². The average Bonchev–Trinajstić information content (AvgIpc) is 1.67. The zero-order chi connectivity index (χ0) is 71.1. The molecule has 101 heavy (non-hydrogen) atoms. The number of pyridine rings is 4. The molecule has 12 heteroatoms. The molecule has 0 fully saturated rings. The lowest BCUT2D eigenvalue weighted by Gasteiger charge is -2.10. The molecule has 8 aromatic carbocycles. The number of hydrogen-bond acceptors (Lipinski definition) is 4. The summed E-state index contributed by atoms with van der Waals surface area (Å²) in [4.78, 5) is 19.8. The average molecular weight is 1330 g/mol. The first-order chi connectivity index (χ1) is 48.7. The summed E-state index contributed by atoms with van der Waals surface area (Å²) >= 11 is 0. The highest BCUT2D eigenvalue weighted by Crippen LogP contribution is 2.37. The molecule has 16 rings (SSSR count). The van der Waals surface area contributed by atoms with Gasteiger partial charge in [-0.25, -0.2) is 38.2 Å². The molecule has 502 valence electrons. The fraction of sp³-hybridized carbons (Fsp3) is 0.191. The van der Waals surface area contributed by atoms with Crippen LogP contribution >= 0.6 is 0 Å². The Bertz CT molecular complexity index is 5740. The van der Waals surface area contributed by atoms with Gasteiger partial charge in [-0.05, 0) is 197 Å². The smallest absolute Gasteiger partial charge is 0.212 e. The minimum Gasteiger partial charge on any atom is -0.327 e. The van der Waals surface area contributed by atoms with Crippen LogP contribution in [0, 0.1) is 62.3 Å². The molecule has 8 aromatic heterocycles. The number of aryl methyl sites for hydroxylation is 13. The largest absolute Gasteiger partial charge is 0.327 e. The Kier molecular flexibility index (Phi) is 18.9. The molecule has 0 aliphatic heterocycles. The van der Waals surface area contributed by atoms with Gasteiger partial charge in [-0.2, -0.15) is 0 Å². The van der Waals surface area contributed by atoms with E-state index in [1.807, 2.05) is 0 Å². The van der Waals surface area contributed by atoms with Gasteiger partial charge in [0.1, 0.15) is 51.5 Å². The Morgan fingerprint density at radius 1 is 0.248 bits per heavy atom. The fourth-order valence-electron chi connectivity index (χ4n) is 14.4. The number of rotatable bonds is 8. The maximum Gasteiger partial charge on any atom is 0.212 e. The third-order valence-electron chi connectivity index (χ3n) is 20.1. The highest BCUT2D eigenvalue weighted by Gasteiger charge is 2.24. The Hall–Kier alpha value is -11.8. The summed E-state index contributed by atoms with van der Waals surface area (Å²) in [5.74, 6) is 4.06. The molecule has 0 atom stereocenters. The first kappa shape index (κ1) is 67.8. The summed E-state index contributed by atoms with van der Waals surface area (Å²) in [6.07, 6.45) is 8.33. The van der Waals surface area contributed by atoms with E-state index in [0.717, 1.165) is 50.9 Å². The van der Waals surface area contributed by atoms with Crippen LogP contribution in [0.4, 0.5) is 0 Å². The van der Waals surface area contributed by atoms with E-state index >= 15 is 0 Å². The molecule has 0 saturated carbocycles. The second kappa shape index (κ2) is 28.2. The molecular weight excluding hydrogens is 1240 g/mol. The van der Waals surface area contributed by atoms with Crippen molar-refractivity contribution >= 4 is 44.1 Å². The first-order valence-electron chi connectivity index (χ1n) is 34.6. The number of benzene rings is 8. The molecular formula is C89H90N12+4. The van der Waals surface area contributed by atoms with Crippen molar-refractivity contribution in [2.24, 2.45) is 56.4 Å². The van der Waals surface area contributed by atoms with Gasteiger partial charge < -0.3 is 18.3 Å². The predicted octanol–water partition coefficient (Wildman–Crippen LogP) is 17.7. The van der Waals surface area contributed by atoms with E-state index in [1.165, 1.54) is 134 Å². The van der Waals surface area contributed by atoms with E-state index in [0.29, 0.717) is 0 Å². The van der Waals surface area contributed by atoms with Gasteiger partial charge >= 0.3 is 0 Å². The van der Waals surface area contributed by atoms with Crippen LogP contribution in [0.2, 0.25) is 0 Å². The molecule has 0 aliphatic rings. The monoisotopic (exact) mass is 1330 g/mol. The second-order valence-corrected chi connectivity index (χ2v) is 27.1. The topological polar surface area (TPSA) is 86.8 Å². The highest BCUT2D eigenvalue weighted by molar-refractivity contribution is 5.89. The van der Waals surface area contributed by atoms with E-state index in [9.17, 15) is 0 Å². The van der Waals surface area contributed by atoms with Gasteiger partial charge in [-0.3, -0.25) is 0 Å². The van der Waals surface area contributed by atoms with Crippen LogP contribution in [0.15, 0.2) is 237 Å². The van der Waals surface area contributed by atoms with Crippen LogP contribution in [-0.4, -0.2) is 38.2 Å². The number of aromatic nitrogens is 12. The lowest BCUT2D eigenvalue weighted by molar-refractivity contribution is -0.660. The van der Waals surface area contributed by atoms with Crippen molar-refractivity contribution in [3.63, 3.8) is 0 Å². The van der Waals surface area contributed by atoms with Crippen molar-refractivity contribution in [3.05, 3.63) is 287 Å². The molecule has 12 nitrogen and oxygen atoms in total. The van der Waals surface area contributed by atoms with Crippen molar-refractivity contribution in [1.29, 1.82) is 0 Å². The Morgan fingerprint density at radius 3 is 1.01 bits per heavy atom. The molecule has 0 saturated heterocycles. The van der Waals surface area contributed by atoms with Crippen LogP contribution in [0.5, 0.6) is 0 Å². The summed E-state index contributed by atoms with van der Waals surface area (Å²) in [6, 6.07) is 74.7. The van der Waals surface area contributed by atoms with E-state index in [2.05, 4.69) is 392 Å². The number of hydrogen-bond donors (Lipinski definition) is 0. The van der Waals surface area contributed by atoms with Gasteiger partial charge in [0.2, 0.25) is 22.8 Å². The lowest BCUT2D eigenvalue weighted by atomic mass is 9.99. The molecule has 0 amide bonds. The van der Waals surface area contributed by atoms with Crippen molar-refractivity contribution < 1.29 is 18.3 Å². The Morgan fingerprint density at radius 2 is 0.584 bits per heavy atom. The SMILES string of the molecule is Cc1c(-c2nc3c(C)cccc3n2C)cccc1-c1cccc[n+]1C.Cc1cc(C)c2nc(-c3cccc(-c4cccc[n+]4C)c3C)n(C)c2c1.Cc1ccc2c(c1)nc(-c1cccc(-c3cccc[n+]3C)c1C)n2C.Cc1ccc2nc(-c3cccc(-c4cccc[n+]4C)c3C)n(C)c2c1. The molecule has 8 heterocycles.